The van der Waals surface area contributed by atoms with Gasteiger partial charge in [0.15, 0.2) is 0 Å². The molecule has 0 aromatic heterocycles. The molecule has 10 nitrogen and oxygen atoms in total. The van der Waals surface area contributed by atoms with Crippen molar-refractivity contribution < 1.29 is 24.2 Å². The number of unbranched alkanes of at least 4 members (excludes halogenated alkanes) is 1. The van der Waals surface area contributed by atoms with E-state index in [1.165, 1.54) is 14.9 Å². The number of phenolic OH excluding ortho intramolecular Hbond substituents is 1. The molecule has 0 unspecified atom stereocenters. The Kier molecular flexibility index (Phi) is 12.7. The third-order valence-electron chi connectivity index (χ3n) is 7.22. The lowest BCUT2D eigenvalue weighted by Crippen LogP contribution is -2.70. The Bertz CT molecular complexity index is 1200. The molecule has 42 heavy (non-hydrogen) atoms. The molecule has 2 atom stereocenters. The van der Waals surface area contributed by atoms with Crippen LogP contribution < -0.4 is 5.32 Å². The number of rotatable bonds is 14. The molecule has 1 aliphatic rings. The Labute approximate surface area is 249 Å². The van der Waals surface area contributed by atoms with Crippen LogP contribution in [0.2, 0.25) is 0 Å². The van der Waals surface area contributed by atoms with Gasteiger partial charge in [-0.05, 0) is 43.0 Å². The smallest absolute Gasteiger partial charge is 0.334 e. The van der Waals surface area contributed by atoms with Crippen molar-refractivity contribution in [1.29, 1.82) is 0 Å². The molecule has 0 aliphatic carbocycles. The van der Waals surface area contributed by atoms with E-state index in [2.05, 4.69) is 18.2 Å². The summed E-state index contributed by atoms with van der Waals surface area (Å²) in [5.41, 5.74) is 1.70. The lowest BCUT2D eigenvalue weighted by atomic mass is 10.0. The van der Waals surface area contributed by atoms with Gasteiger partial charge in [-0.3, -0.25) is 9.59 Å². The van der Waals surface area contributed by atoms with Gasteiger partial charge in [0, 0.05) is 39.8 Å². The quantitative estimate of drug-likeness (QED) is 0.264. The minimum absolute atomic E-state index is 0.0528. The summed E-state index contributed by atoms with van der Waals surface area (Å²) in [4.78, 5) is 44.2. The van der Waals surface area contributed by atoms with Crippen molar-refractivity contribution in [2.24, 2.45) is 0 Å². The fraction of sp³-hybridized carbons (Fsp3) is 0.469. The van der Waals surface area contributed by atoms with Crippen LogP contribution in [0.15, 0.2) is 54.6 Å². The molecule has 0 bridgehead atoms. The number of hydrogen-bond donors (Lipinski definition) is 2. The molecule has 0 spiro atoms. The predicted molar refractivity (Wildman–Crippen MR) is 161 cm³/mol. The van der Waals surface area contributed by atoms with Crippen LogP contribution in [-0.4, -0.2) is 94.9 Å². The zero-order chi connectivity index (χ0) is 30.5. The van der Waals surface area contributed by atoms with E-state index in [1.54, 1.807) is 43.1 Å². The monoisotopic (exact) mass is 577 g/mol. The summed E-state index contributed by atoms with van der Waals surface area (Å²) in [6.45, 7) is 5.70. The Morgan fingerprint density at radius 1 is 1.12 bits per heavy atom. The number of nitrogens with one attached hydrogen (secondary N) is 1. The molecule has 226 valence electrons. The van der Waals surface area contributed by atoms with Crippen molar-refractivity contribution in [2.75, 3.05) is 39.9 Å². The SMILES string of the molecule is C#CCN1CC(=O)N([C@@H](Cc2ccc(O)cc2)C(=O)N(C)CCCOCCCC)[C@H](C)N1C(=O)NCc1ccccc1. The van der Waals surface area contributed by atoms with Crippen molar-refractivity contribution in [3.8, 4) is 18.1 Å². The summed E-state index contributed by atoms with van der Waals surface area (Å²) in [5, 5.41) is 15.7. The summed E-state index contributed by atoms with van der Waals surface area (Å²) in [6, 6.07) is 14.7. The van der Waals surface area contributed by atoms with Gasteiger partial charge in [-0.2, -0.15) is 5.01 Å². The van der Waals surface area contributed by atoms with Crippen LogP contribution in [0.4, 0.5) is 4.79 Å². The first-order valence-corrected chi connectivity index (χ1v) is 14.5. The maximum Gasteiger partial charge on any atom is 0.334 e. The van der Waals surface area contributed by atoms with Crippen molar-refractivity contribution in [3.05, 3.63) is 65.7 Å². The van der Waals surface area contributed by atoms with E-state index < -0.39 is 18.2 Å². The van der Waals surface area contributed by atoms with E-state index in [9.17, 15) is 19.5 Å². The predicted octanol–water partition coefficient (Wildman–Crippen LogP) is 3.22. The van der Waals surface area contributed by atoms with E-state index >= 15 is 0 Å². The van der Waals surface area contributed by atoms with Gasteiger partial charge in [0.2, 0.25) is 11.8 Å². The average Bonchev–Trinajstić information content (AvgIpc) is 2.98. The molecule has 2 aromatic rings. The van der Waals surface area contributed by atoms with Gasteiger partial charge >= 0.3 is 6.03 Å². The van der Waals surface area contributed by atoms with Crippen molar-refractivity contribution in [1.82, 2.24) is 25.1 Å². The first-order valence-electron chi connectivity index (χ1n) is 14.5. The molecular weight excluding hydrogens is 534 g/mol. The molecule has 1 heterocycles. The number of aromatic hydroxyl groups is 1. The van der Waals surface area contributed by atoms with Crippen LogP contribution in [0.25, 0.3) is 0 Å². The van der Waals surface area contributed by atoms with E-state index in [0.717, 1.165) is 24.0 Å². The van der Waals surface area contributed by atoms with E-state index in [4.69, 9.17) is 11.2 Å². The number of hydrogen-bond acceptors (Lipinski definition) is 6. The normalized spacial score (nSPS) is 16.1. The zero-order valence-corrected chi connectivity index (χ0v) is 24.9. The maximum absolute atomic E-state index is 13.9. The standard InChI is InChI=1S/C32H43N5O5/c1-5-7-20-42-21-11-19-34(4)31(40)29(22-26-14-16-28(38)17-15-26)36-25(3)37(35(18-6-2)24-30(36)39)32(41)33-23-27-12-9-8-10-13-27/h2,8-10,12-17,25,29,38H,5,7,11,18-24H2,1,3-4H3,(H,33,41)/t25-,29-/m0/s1. The largest absolute Gasteiger partial charge is 0.508 e. The summed E-state index contributed by atoms with van der Waals surface area (Å²) in [6.07, 6.45) is 7.71. The maximum atomic E-state index is 13.9. The highest BCUT2D eigenvalue weighted by molar-refractivity contribution is 5.90. The van der Waals surface area contributed by atoms with Crippen molar-refractivity contribution in [3.63, 3.8) is 0 Å². The Balaban J connectivity index is 1.84. The summed E-state index contributed by atoms with van der Waals surface area (Å²) in [7, 11) is 1.71. The molecular formula is C32H43N5O5. The van der Waals surface area contributed by atoms with Gasteiger partial charge in [0.05, 0.1) is 13.1 Å². The van der Waals surface area contributed by atoms with Crippen LogP contribution in [0.3, 0.4) is 0 Å². The highest BCUT2D eigenvalue weighted by Crippen LogP contribution is 2.24. The highest BCUT2D eigenvalue weighted by atomic mass is 16.5. The van der Waals surface area contributed by atoms with E-state index in [-0.39, 0.29) is 37.1 Å². The molecule has 2 aromatic carbocycles. The number of urea groups is 1. The molecule has 1 aliphatic heterocycles. The number of carbonyl (C=O) groups is 3. The average molecular weight is 578 g/mol. The second kappa shape index (κ2) is 16.4. The minimum Gasteiger partial charge on any atom is -0.508 e. The molecule has 0 saturated carbocycles. The van der Waals surface area contributed by atoms with E-state index in [1.807, 2.05) is 30.3 Å². The van der Waals surface area contributed by atoms with Gasteiger partial charge in [-0.1, -0.05) is 61.7 Å². The van der Waals surface area contributed by atoms with Gasteiger partial charge < -0.3 is 25.0 Å². The number of ether oxygens (including phenoxy) is 1. The number of hydrazine groups is 1. The number of benzene rings is 2. The fourth-order valence-corrected chi connectivity index (χ4v) is 4.98. The number of phenols is 1. The summed E-state index contributed by atoms with van der Waals surface area (Å²) in [5.74, 6) is 2.09. The third-order valence-corrected chi connectivity index (χ3v) is 7.22. The van der Waals surface area contributed by atoms with Gasteiger partial charge in [0.1, 0.15) is 18.0 Å². The first-order chi connectivity index (χ1) is 20.3. The topological polar surface area (TPSA) is 106 Å². The second-order valence-electron chi connectivity index (χ2n) is 10.4. The van der Waals surface area contributed by atoms with Gasteiger partial charge in [0.25, 0.3) is 0 Å². The molecule has 2 N–H and O–H groups in total. The molecule has 10 heteroatoms. The molecule has 1 fully saturated rings. The van der Waals surface area contributed by atoms with Crippen LogP contribution >= 0.6 is 0 Å². The summed E-state index contributed by atoms with van der Waals surface area (Å²) >= 11 is 0. The van der Waals surface area contributed by atoms with Gasteiger partial charge in [-0.25, -0.2) is 9.80 Å². The number of terminal acetylenes is 1. The van der Waals surface area contributed by atoms with Crippen LogP contribution in [0, 0.1) is 12.3 Å². The first kappa shape index (κ1) is 32.4. The van der Waals surface area contributed by atoms with E-state index in [0.29, 0.717) is 32.7 Å². The highest BCUT2D eigenvalue weighted by Gasteiger charge is 2.44. The molecule has 4 amide bonds. The van der Waals surface area contributed by atoms with Crippen molar-refractivity contribution in [2.45, 2.75) is 58.3 Å². The summed E-state index contributed by atoms with van der Waals surface area (Å²) < 4.78 is 5.65. The Morgan fingerprint density at radius 3 is 2.48 bits per heavy atom. The number of likely N-dealkylation sites (N-methyl/N-ethyl adjacent to an activating group) is 1. The molecule has 0 radical (unpaired) electrons. The number of carbonyl (C=O) groups excluding carboxylic acids is 3. The minimum atomic E-state index is -0.888. The molecule has 1 saturated heterocycles. The van der Waals surface area contributed by atoms with Crippen molar-refractivity contribution >= 4 is 17.8 Å². The zero-order valence-electron chi connectivity index (χ0n) is 24.9. The lowest BCUT2D eigenvalue weighted by Gasteiger charge is -2.49. The number of nitrogens with zero attached hydrogens (tertiary/aromatic N) is 4. The van der Waals surface area contributed by atoms with Crippen LogP contribution in [0.1, 0.15) is 44.2 Å². The van der Waals surface area contributed by atoms with Crippen LogP contribution in [-0.2, 0) is 27.3 Å². The fourth-order valence-electron chi connectivity index (χ4n) is 4.98. The van der Waals surface area contributed by atoms with Crippen LogP contribution in [0.5, 0.6) is 5.75 Å². The number of amides is 4. The molecule has 3 rings (SSSR count). The lowest BCUT2D eigenvalue weighted by molar-refractivity contribution is -0.173. The van der Waals surface area contributed by atoms with Gasteiger partial charge in [-0.15, -0.1) is 6.42 Å². The Morgan fingerprint density at radius 2 is 1.81 bits per heavy atom. The third kappa shape index (κ3) is 8.96. The second-order valence-corrected chi connectivity index (χ2v) is 10.4. The Hall–Kier alpha value is -4.07.